The summed E-state index contributed by atoms with van der Waals surface area (Å²) in [5.74, 6) is 1.09. The molecule has 0 heterocycles. The van der Waals surface area contributed by atoms with Crippen LogP contribution in [0.5, 0.6) is 0 Å². The summed E-state index contributed by atoms with van der Waals surface area (Å²) >= 11 is 0. The molecule has 0 aliphatic rings. The highest BCUT2D eigenvalue weighted by Gasteiger charge is 2.21. The zero-order chi connectivity index (χ0) is 14.3. The van der Waals surface area contributed by atoms with Crippen molar-refractivity contribution in [3.05, 3.63) is 11.6 Å². The highest BCUT2D eigenvalue weighted by atomic mass is 16.3. The van der Waals surface area contributed by atoms with E-state index in [0.29, 0.717) is 18.3 Å². The lowest BCUT2D eigenvalue weighted by Gasteiger charge is -2.26. The Morgan fingerprint density at radius 1 is 1.33 bits per heavy atom. The summed E-state index contributed by atoms with van der Waals surface area (Å²) in [4.78, 5) is 11.5. The quantitative estimate of drug-likeness (QED) is 0.661. The average Bonchev–Trinajstić information content (AvgIpc) is 2.26. The summed E-state index contributed by atoms with van der Waals surface area (Å²) in [6.45, 7) is 12.0. The molecule has 0 aromatic heterocycles. The summed E-state index contributed by atoms with van der Waals surface area (Å²) in [7, 11) is 0. The van der Waals surface area contributed by atoms with Gasteiger partial charge in [0.05, 0.1) is 5.60 Å². The third-order valence-corrected chi connectivity index (χ3v) is 3.62. The molecule has 106 valence electrons. The van der Waals surface area contributed by atoms with E-state index in [-0.39, 0.29) is 5.78 Å². The van der Waals surface area contributed by atoms with Crippen molar-refractivity contribution >= 4 is 5.78 Å². The van der Waals surface area contributed by atoms with Gasteiger partial charge in [-0.05, 0) is 50.5 Å². The number of rotatable bonds is 8. The van der Waals surface area contributed by atoms with E-state index >= 15 is 0 Å². The maximum atomic E-state index is 11.5. The highest BCUT2D eigenvalue weighted by Crippen LogP contribution is 2.25. The number of carbonyl (C=O) groups is 1. The van der Waals surface area contributed by atoms with Crippen molar-refractivity contribution in [2.75, 3.05) is 0 Å². The lowest BCUT2D eigenvalue weighted by Crippen LogP contribution is -2.26. The van der Waals surface area contributed by atoms with Crippen molar-refractivity contribution in [1.29, 1.82) is 0 Å². The number of hydrogen-bond acceptors (Lipinski definition) is 2. The molecule has 0 saturated carbocycles. The van der Waals surface area contributed by atoms with E-state index in [1.807, 2.05) is 27.7 Å². The highest BCUT2D eigenvalue weighted by molar-refractivity contribution is 5.94. The fourth-order valence-electron chi connectivity index (χ4n) is 2.48. The smallest absolute Gasteiger partial charge is 0.157 e. The molecular formula is C16H30O2. The number of Topliss-reactive ketones (excluding diaryl/α,β-unsaturated/α-hetero) is 1. The van der Waals surface area contributed by atoms with Gasteiger partial charge in [0.25, 0.3) is 0 Å². The molecule has 3 unspecified atom stereocenters. The maximum Gasteiger partial charge on any atom is 0.157 e. The molecule has 0 aromatic carbocycles. The Morgan fingerprint density at radius 3 is 2.33 bits per heavy atom. The minimum absolute atomic E-state index is 0.232. The molecule has 2 nitrogen and oxygen atoms in total. The lowest BCUT2D eigenvalue weighted by atomic mass is 9.85. The van der Waals surface area contributed by atoms with Crippen LogP contribution in [0, 0.1) is 11.8 Å². The number of ketones is 1. The van der Waals surface area contributed by atoms with Crippen molar-refractivity contribution < 1.29 is 9.90 Å². The number of carbonyl (C=O) groups excluding carboxylic acids is 1. The summed E-state index contributed by atoms with van der Waals surface area (Å²) in [5, 5.41) is 10.0. The van der Waals surface area contributed by atoms with Crippen molar-refractivity contribution in [2.45, 2.75) is 72.8 Å². The Labute approximate surface area is 112 Å². The number of aliphatic hydroxyl groups is 1. The van der Waals surface area contributed by atoms with Crippen molar-refractivity contribution in [1.82, 2.24) is 0 Å². The minimum Gasteiger partial charge on any atom is -0.390 e. The molecule has 3 atom stereocenters. The van der Waals surface area contributed by atoms with Gasteiger partial charge in [-0.2, -0.15) is 0 Å². The molecule has 0 amide bonds. The Balaban J connectivity index is 4.32. The van der Waals surface area contributed by atoms with Crippen LogP contribution < -0.4 is 0 Å². The van der Waals surface area contributed by atoms with E-state index in [1.165, 1.54) is 0 Å². The van der Waals surface area contributed by atoms with Gasteiger partial charge in [-0.1, -0.05) is 33.8 Å². The fourth-order valence-corrected chi connectivity index (χ4v) is 2.48. The van der Waals surface area contributed by atoms with Crippen molar-refractivity contribution in [3.8, 4) is 0 Å². The van der Waals surface area contributed by atoms with Gasteiger partial charge in [0.1, 0.15) is 0 Å². The molecule has 0 saturated heterocycles. The molecule has 0 aromatic rings. The molecule has 0 fully saturated rings. The van der Waals surface area contributed by atoms with E-state index < -0.39 is 5.60 Å². The molecule has 1 N–H and O–H groups in total. The first-order valence-electron chi connectivity index (χ1n) is 7.15. The molecular weight excluding hydrogens is 224 g/mol. The van der Waals surface area contributed by atoms with Crippen LogP contribution in [0.25, 0.3) is 0 Å². The number of allylic oxidation sites excluding steroid dienone is 2. The minimum atomic E-state index is -0.558. The average molecular weight is 254 g/mol. The van der Waals surface area contributed by atoms with Crippen molar-refractivity contribution in [3.63, 3.8) is 0 Å². The van der Waals surface area contributed by atoms with E-state index in [1.54, 1.807) is 0 Å². The van der Waals surface area contributed by atoms with E-state index in [0.717, 1.165) is 24.8 Å². The second-order valence-electron chi connectivity index (χ2n) is 6.00. The first-order valence-corrected chi connectivity index (χ1v) is 7.15. The van der Waals surface area contributed by atoms with Gasteiger partial charge in [0.2, 0.25) is 0 Å². The Bertz CT molecular complexity index is 289. The predicted molar refractivity (Wildman–Crippen MR) is 77.5 cm³/mol. The zero-order valence-corrected chi connectivity index (χ0v) is 12.9. The van der Waals surface area contributed by atoms with Gasteiger partial charge >= 0.3 is 0 Å². The third kappa shape index (κ3) is 6.95. The van der Waals surface area contributed by atoms with Gasteiger partial charge in [-0.3, -0.25) is 4.79 Å². The van der Waals surface area contributed by atoms with E-state index in [4.69, 9.17) is 0 Å². The summed E-state index contributed by atoms with van der Waals surface area (Å²) < 4.78 is 0. The van der Waals surface area contributed by atoms with Crippen LogP contribution in [-0.4, -0.2) is 16.5 Å². The summed E-state index contributed by atoms with van der Waals surface area (Å²) in [5.41, 5.74) is 0.316. The van der Waals surface area contributed by atoms with Gasteiger partial charge in [0.15, 0.2) is 5.78 Å². The van der Waals surface area contributed by atoms with Crippen molar-refractivity contribution in [2.24, 2.45) is 11.8 Å². The largest absolute Gasteiger partial charge is 0.390 e. The molecule has 0 radical (unpaired) electrons. The number of hydrogen-bond donors (Lipinski definition) is 1. The van der Waals surface area contributed by atoms with Gasteiger partial charge in [-0.15, -0.1) is 0 Å². The van der Waals surface area contributed by atoms with Crippen LogP contribution in [0.3, 0.4) is 0 Å². The SMILES string of the molecule is CCC(=O)/C(C)=C/C(C)CC(C)CC(C)(O)CC. The van der Waals surface area contributed by atoms with Crippen LogP contribution >= 0.6 is 0 Å². The topological polar surface area (TPSA) is 37.3 Å². The first kappa shape index (κ1) is 17.4. The van der Waals surface area contributed by atoms with Gasteiger partial charge in [-0.25, -0.2) is 0 Å². The summed E-state index contributed by atoms with van der Waals surface area (Å²) in [6, 6.07) is 0. The second kappa shape index (κ2) is 7.73. The maximum absolute atomic E-state index is 11.5. The van der Waals surface area contributed by atoms with Crippen LogP contribution in [0.2, 0.25) is 0 Å². The zero-order valence-electron chi connectivity index (χ0n) is 12.9. The molecule has 0 aliphatic heterocycles. The molecule has 2 heteroatoms. The van der Waals surface area contributed by atoms with Crippen LogP contribution in [-0.2, 0) is 4.79 Å². The van der Waals surface area contributed by atoms with Crippen LogP contribution in [0.4, 0.5) is 0 Å². The molecule has 0 spiro atoms. The predicted octanol–water partition coefficient (Wildman–Crippen LogP) is 4.13. The molecule has 0 rings (SSSR count). The van der Waals surface area contributed by atoms with Gasteiger partial charge in [0, 0.05) is 6.42 Å². The standard InChI is InChI=1S/C16H30O2/c1-7-15(17)14(5)10-12(3)9-13(4)11-16(6,18)8-2/h10,12-13,18H,7-9,11H2,1-6H3/b14-10+. The summed E-state index contributed by atoms with van der Waals surface area (Å²) in [6.07, 6.45) is 5.28. The fraction of sp³-hybridized carbons (Fsp3) is 0.812. The van der Waals surface area contributed by atoms with Gasteiger partial charge < -0.3 is 5.11 Å². The second-order valence-corrected chi connectivity index (χ2v) is 6.00. The Morgan fingerprint density at radius 2 is 1.89 bits per heavy atom. The Hall–Kier alpha value is -0.630. The molecule has 0 bridgehead atoms. The first-order chi connectivity index (χ1) is 8.21. The molecule has 18 heavy (non-hydrogen) atoms. The normalized spacial score (nSPS) is 19.2. The van der Waals surface area contributed by atoms with E-state index in [2.05, 4.69) is 19.9 Å². The lowest BCUT2D eigenvalue weighted by molar-refractivity contribution is -0.115. The monoisotopic (exact) mass is 254 g/mol. The van der Waals surface area contributed by atoms with Crippen LogP contribution in [0.1, 0.15) is 67.2 Å². The Kier molecular flexibility index (Phi) is 7.46. The third-order valence-electron chi connectivity index (χ3n) is 3.62. The molecule has 0 aliphatic carbocycles. The van der Waals surface area contributed by atoms with E-state index in [9.17, 15) is 9.90 Å². The van der Waals surface area contributed by atoms with Crippen LogP contribution in [0.15, 0.2) is 11.6 Å².